The third-order valence-electron chi connectivity index (χ3n) is 3.20. The van der Waals surface area contributed by atoms with Gasteiger partial charge >= 0.3 is 0 Å². The van der Waals surface area contributed by atoms with Crippen LogP contribution in [0.3, 0.4) is 0 Å². The molecule has 0 saturated heterocycles. The zero-order valence-corrected chi connectivity index (χ0v) is 11.6. The average molecular weight is 279 g/mol. The Bertz CT molecular complexity index is 603. The first-order valence-corrected chi connectivity index (χ1v) is 6.50. The summed E-state index contributed by atoms with van der Waals surface area (Å²) in [6.45, 7) is 5.04. The molecule has 3 rings (SSSR count). The van der Waals surface area contributed by atoms with Gasteiger partial charge in [-0.3, -0.25) is 4.68 Å². The molecule has 1 aromatic carbocycles. The van der Waals surface area contributed by atoms with E-state index in [1.165, 1.54) is 11.4 Å². The molecule has 4 nitrogen and oxygen atoms in total. The largest absolute Gasteiger partial charge is 0.454 e. The summed E-state index contributed by atoms with van der Waals surface area (Å²) in [4.78, 5) is 0. The van der Waals surface area contributed by atoms with Crippen molar-refractivity contribution in [3.8, 4) is 11.5 Å². The van der Waals surface area contributed by atoms with Crippen LogP contribution in [0, 0.1) is 13.8 Å². The van der Waals surface area contributed by atoms with Crippen molar-refractivity contribution >= 4 is 11.6 Å². The van der Waals surface area contributed by atoms with Crippen molar-refractivity contribution in [2.45, 2.75) is 20.4 Å². The van der Waals surface area contributed by atoms with Gasteiger partial charge in [0.1, 0.15) is 0 Å². The summed E-state index contributed by atoms with van der Waals surface area (Å²) < 4.78 is 12.7. The standard InChI is InChI=1S/C14H15ClN2O2/c1-9-3-4-10(2)17(9)16-7-11-5-12(15)14-13(6-11)18-8-19-14/h3-6,16H,7-8H2,1-2H3. The molecule has 5 heteroatoms. The molecule has 0 fully saturated rings. The van der Waals surface area contributed by atoms with Crippen LogP contribution in [0.2, 0.25) is 5.02 Å². The zero-order chi connectivity index (χ0) is 13.4. The van der Waals surface area contributed by atoms with Gasteiger partial charge in [0.05, 0.1) is 11.6 Å². The number of hydrogen-bond donors (Lipinski definition) is 1. The molecule has 1 N–H and O–H groups in total. The lowest BCUT2D eigenvalue weighted by atomic mass is 10.2. The number of nitrogens with zero attached hydrogens (tertiary/aromatic N) is 1. The summed E-state index contributed by atoms with van der Waals surface area (Å²) in [5.41, 5.74) is 6.76. The first-order chi connectivity index (χ1) is 9.15. The fourth-order valence-corrected chi connectivity index (χ4v) is 2.50. The van der Waals surface area contributed by atoms with Gasteiger partial charge in [-0.15, -0.1) is 0 Å². The van der Waals surface area contributed by atoms with E-state index in [1.54, 1.807) is 0 Å². The number of ether oxygens (including phenoxy) is 2. The van der Waals surface area contributed by atoms with Gasteiger partial charge in [-0.25, -0.2) is 0 Å². The average Bonchev–Trinajstić information content (AvgIpc) is 2.96. The van der Waals surface area contributed by atoms with Gasteiger partial charge in [-0.05, 0) is 43.7 Å². The molecule has 0 radical (unpaired) electrons. The van der Waals surface area contributed by atoms with Crippen molar-refractivity contribution in [1.82, 2.24) is 4.68 Å². The lowest BCUT2D eigenvalue weighted by Crippen LogP contribution is -2.16. The van der Waals surface area contributed by atoms with Gasteiger partial charge < -0.3 is 14.9 Å². The Labute approximate surface area is 116 Å². The molecule has 0 spiro atoms. The third kappa shape index (κ3) is 2.24. The molecule has 100 valence electrons. The van der Waals surface area contributed by atoms with Crippen molar-refractivity contribution in [1.29, 1.82) is 0 Å². The summed E-state index contributed by atoms with van der Waals surface area (Å²) in [5, 5.41) is 0.591. The summed E-state index contributed by atoms with van der Waals surface area (Å²) >= 11 is 6.16. The number of rotatable bonds is 3. The van der Waals surface area contributed by atoms with Gasteiger partial charge in [0.15, 0.2) is 11.5 Å². The van der Waals surface area contributed by atoms with Crippen LogP contribution in [0.15, 0.2) is 24.3 Å². The number of hydrogen-bond acceptors (Lipinski definition) is 3. The molecule has 0 unspecified atom stereocenters. The highest BCUT2D eigenvalue weighted by molar-refractivity contribution is 6.32. The van der Waals surface area contributed by atoms with E-state index in [4.69, 9.17) is 21.1 Å². The van der Waals surface area contributed by atoms with Crippen molar-refractivity contribution in [2.75, 3.05) is 12.2 Å². The summed E-state index contributed by atoms with van der Waals surface area (Å²) in [6.07, 6.45) is 0. The molecule has 0 amide bonds. The first-order valence-electron chi connectivity index (χ1n) is 6.12. The van der Waals surface area contributed by atoms with E-state index in [9.17, 15) is 0 Å². The van der Waals surface area contributed by atoms with Crippen molar-refractivity contribution < 1.29 is 9.47 Å². The van der Waals surface area contributed by atoms with Crippen LogP contribution in [-0.2, 0) is 6.54 Å². The van der Waals surface area contributed by atoms with Gasteiger partial charge in [0.2, 0.25) is 6.79 Å². The highest BCUT2D eigenvalue weighted by atomic mass is 35.5. The fraction of sp³-hybridized carbons (Fsp3) is 0.286. The zero-order valence-electron chi connectivity index (χ0n) is 10.9. The lowest BCUT2D eigenvalue weighted by Gasteiger charge is -2.13. The maximum Gasteiger partial charge on any atom is 0.231 e. The Kier molecular flexibility index (Phi) is 3.03. The maximum absolute atomic E-state index is 6.16. The predicted octanol–water partition coefficient (Wildman–Crippen LogP) is 3.23. The molecular formula is C14H15ClN2O2. The molecule has 1 aromatic heterocycles. The van der Waals surface area contributed by atoms with Crippen LogP contribution in [0.4, 0.5) is 0 Å². The highest BCUT2D eigenvalue weighted by Crippen LogP contribution is 2.39. The van der Waals surface area contributed by atoms with Crippen LogP contribution in [0.1, 0.15) is 17.0 Å². The van der Waals surface area contributed by atoms with E-state index < -0.39 is 0 Å². The van der Waals surface area contributed by atoms with E-state index in [0.29, 0.717) is 23.1 Å². The van der Waals surface area contributed by atoms with E-state index >= 15 is 0 Å². The summed E-state index contributed by atoms with van der Waals surface area (Å²) in [7, 11) is 0. The maximum atomic E-state index is 6.16. The lowest BCUT2D eigenvalue weighted by molar-refractivity contribution is 0.174. The molecule has 19 heavy (non-hydrogen) atoms. The molecule has 0 saturated carbocycles. The van der Waals surface area contributed by atoms with Crippen molar-refractivity contribution in [3.63, 3.8) is 0 Å². The molecule has 2 aromatic rings. The number of aromatic nitrogens is 1. The van der Waals surface area contributed by atoms with Crippen LogP contribution in [0.25, 0.3) is 0 Å². The fourth-order valence-electron chi connectivity index (χ4n) is 2.21. The quantitative estimate of drug-likeness (QED) is 0.936. The van der Waals surface area contributed by atoms with E-state index in [-0.39, 0.29) is 6.79 Å². The van der Waals surface area contributed by atoms with Crippen LogP contribution in [-0.4, -0.2) is 11.5 Å². The number of fused-ring (bicyclic) bond motifs is 1. The Hall–Kier alpha value is -1.81. The molecule has 1 aliphatic rings. The molecule has 0 aliphatic carbocycles. The minimum Gasteiger partial charge on any atom is -0.454 e. The SMILES string of the molecule is Cc1ccc(C)n1NCc1cc(Cl)c2c(c1)OCO2. The smallest absolute Gasteiger partial charge is 0.231 e. The molecule has 1 aliphatic heterocycles. The Balaban J connectivity index is 1.79. The number of aryl methyl sites for hydroxylation is 2. The second kappa shape index (κ2) is 4.70. The molecule has 0 bridgehead atoms. The summed E-state index contributed by atoms with van der Waals surface area (Å²) in [5.74, 6) is 1.35. The van der Waals surface area contributed by atoms with Gasteiger partial charge in [-0.2, -0.15) is 0 Å². The van der Waals surface area contributed by atoms with Crippen LogP contribution in [0.5, 0.6) is 11.5 Å². The van der Waals surface area contributed by atoms with Gasteiger partial charge in [0, 0.05) is 11.4 Å². The van der Waals surface area contributed by atoms with Gasteiger partial charge in [0.25, 0.3) is 0 Å². The van der Waals surface area contributed by atoms with Crippen LogP contribution >= 0.6 is 11.6 Å². The predicted molar refractivity (Wildman–Crippen MR) is 74.5 cm³/mol. The normalized spacial score (nSPS) is 12.8. The Morgan fingerprint density at radius 1 is 1.21 bits per heavy atom. The third-order valence-corrected chi connectivity index (χ3v) is 3.48. The number of benzene rings is 1. The second-order valence-electron chi connectivity index (χ2n) is 4.60. The molecule has 0 atom stereocenters. The minimum absolute atomic E-state index is 0.238. The molecule has 2 heterocycles. The van der Waals surface area contributed by atoms with Crippen molar-refractivity contribution in [2.24, 2.45) is 0 Å². The molecular weight excluding hydrogens is 264 g/mol. The Morgan fingerprint density at radius 3 is 2.68 bits per heavy atom. The van der Waals surface area contributed by atoms with E-state index in [0.717, 1.165) is 5.56 Å². The van der Waals surface area contributed by atoms with E-state index in [1.807, 2.05) is 12.1 Å². The first kappa shape index (κ1) is 12.2. The number of halogens is 1. The van der Waals surface area contributed by atoms with Crippen LogP contribution < -0.4 is 14.9 Å². The second-order valence-corrected chi connectivity index (χ2v) is 5.01. The number of nitrogens with one attached hydrogen (secondary N) is 1. The van der Waals surface area contributed by atoms with Crippen molar-refractivity contribution in [3.05, 3.63) is 46.2 Å². The summed E-state index contributed by atoms with van der Waals surface area (Å²) in [6, 6.07) is 8.01. The van der Waals surface area contributed by atoms with E-state index in [2.05, 4.69) is 36.1 Å². The highest BCUT2D eigenvalue weighted by Gasteiger charge is 2.18. The minimum atomic E-state index is 0.238. The Morgan fingerprint density at radius 2 is 1.95 bits per heavy atom. The van der Waals surface area contributed by atoms with Gasteiger partial charge in [-0.1, -0.05) is 11.6 Å². The monoisotopic (exact) mass is 278 g/mol. The topological polar surface area (TPSA) is 35.4 Å².